The average molecular weight is 440 g/mol. The summed E-state index contributed by atoms with van der Waals surface area (Å²) in [7, 11) is 1.57. The zero-order valence-electron chi connectivity index (χ0n) is 17.6. The van der Waals surface area contributed by atoms with Gasteiger partial charge in [0.1, 0.15) is 0 Å². The van der Waals surface area contributed by atoms with Crippen LogP contribution in [0.4, 0.5) is 10.8 Å². The molecule has 0 radical (unpaired) electrons. The molecule has 1 saturated heterocycles. The van der Waals surface area contributed by atoms with Crippen LogP contribution in [0.1, 0.15) is 17.3 Å². The van der Waals surface area contributed by atoms with Crippen molar-refractivity contribution in [2.24, 2.45) is 0 Å². The van der Waals surface area contributed by atoms with Crippen LogP contribution in [0.25, 0.3) is 11.3 Å². The lowest BCUT2D eigenvalue weighted by molar-refractivity contribution is 0.102. The number of anilines is 2. The first-order valence-corrected chi connectivity index (χ1v) is 11.1. The van der Waals surface area contributed by atoms with E-state index in [1.807, 2.05) is 31.2 Å². The normalized spacial score (nSPS) is 13.7. The van der Waals surface area contributed by atoms with Crippen LogP contribution in [0, 0.1) is 0 Å². The van der Waals surface area contributed by atoms with Gasteiger partial charge in [-0.05, 0) is 37.3 Å². The van der Waals surface area contributed by atoms with E-state index >= 15 is 0 Å². The zero-order chi connectivity index (χ0) is 21.6. The molecule has 1 fully saturated rings. The van der Waals surface area contributed by atoms with Crippen molar-refractivity contribution < 1.29 is 19.0 Å². The molecule has 31 heavy (non-hydrogen) atoms. The summed E-state index contributed by atoms with van der Waals surface area (Å²) in [5.41, 5.74) is 3.16. The number of methoxy groups -OCH3 is 1. The number of carbonyl (C=O) groups excluding carboxylic acids is 1. The number of amides is 1. The van der Waals surface area contributed by atoms with Crippen molar-refractivity contribution in [3.8, 4) is 22.8 Å². The van der Waals surface area contributed by atoms with Gasteiger partial charge in [0.25, 0.3) is 5.91 Å². The van der Waals surface area contributed by atoms with Crippen LogP contribution in [0.5, 0.6) is 11.5 Å². The van der Waals surface area contributed by atoms with Gasteiger partial charge in [-0.25, -0.2) is 4.98 Å². The van der Waals surface area contributed by atoms with Gasteiger partial charge in [-0.15, -0.1) is 11.3 Å². The van der Waals surface area contributed by atoms with Crippen LogP contribution < -0.4 is 19.7 Å². The summed E-state index contributed by atoms with van der Waals surface area (Å²) in [5, 5.41) is 6.00. The number of hydrogen-bond acceptors (Lipinski definition) is 7. The number of benzene rings is 2. The minimum absolute atomic E-state index is 0.209. The van der Waals surface area contributed by atoms with Gasteiger partial charge >= 0.3 is 0 Å². The van der Waals surface area contributed by atoms with Crippen molar-refractivity contribution in [2.75, 3.05) is 50.2 Å². The number of thiazole rings is 1. The Kier molecular flexibility index (Phi) is 6.69. The van der Waals surface area contributed by atoms with Gasteiger partial charge in [-0.1, -0.05) is 12.1 Å². The lowest BCUT2D eigenvalue weighted by Crippen LogP contribution is -2.36. The van der Waals surface area contributed by atoms with E-state index in [1.165, 1.54) is 0 Å². The van der Waals surface area contributed by atoms with Crippen LogP contribution in [-0.4, -0.2) is 50.9 Å². The summed E-state index contributed by atoms with van der Waals surface area (Å²) in [6.07, 6.45) is 0. The van der Waals surface area contributed by atoms with Crippen molar-refractivity contribution >= 4 is 28.1 Å². The van der Waals surface area contributed by atoms with Gasteiger partial charge in [-0.3, -0.25) is 4.79 Å². The van der Waals surface area contributed by atoms with Crippen molar-refractivity contribution in [2.45, 2.75) is 6.92 Å². The molecule has 0 aliphatic carbocycles. The molecule has 1 aliphatic rings. The average Bonchev–Trinajstić information content (AvgIpc) is 3.31. The van der Waals surface area contributed by atoms with Gasteiger partial charge in [-0.2, -0.15) is 0 Å². The Balaban J connectivity index is 1.43. The zero-order valence-corrected chi connectivity index (χ0v) is 18.4. The highest BCUT2D eigenvalue weighted by Crippen LogP contribution is 2.30. The van der Waals surface area contributed by atoms with Gasteiger partial charge < -0.3 is 24.4 Å². The third kappa shape index (κ3) is 4.98. The first-order chi connectivity index (χ1) is 15.2. The molecule has 3 aromatic rings. The molecular weight excluding hydrogens is 414 g/mol. The third-order valence-electron chi connectivity index (χ3n) is 4.94. The standard InChI is InChI=1S/C23H25N3O4S/c1-3-30-21-14-17(6-9-20(21)28-2)22(27)24-18-7-4-16(5-8-18)19-15-31-23(25-19)26-10-12-29-13-11-26/h4-9,14-15H,3,10-13H2,1-2H3,(H,24,27). The minimum atomic E-state index is -0.209. The van der Waals surface area contributed by atoms with Crippen LogP contribution in [0.3, 0.4) is 0 Å². The van der Waals surface area contributed by atoms with E-state index in [0.717, 1.165) is 42.7 Å². The summed E-state index contributed by atoms with van der Waals surface area (Å²) in [6, 6.07) is 12.8. The van der Waals surface area contributed by atoms with E-state index in [2.05, 4.69) is 15.6 Å². The smallest absolute Gasteiger partial charge is 0.255 e. The maximum Gasteiger partial charge on any atom is 0.255 e. The molecule has 2 heterocycles. The van der Waals surface area contributed by atoms with E-state index in [9.17, 15) is 4.79 Å². The SMILES string of the molecule is CCOc1cc(C(=O)Nc2ccc(-c3csc(N4CCOCC4)n3)cc2)ccc1OC. The Hall–Kier alpha value is -3.10. The topological polar surface area (TPSA) is 72.9 Å². The number of carbonyl (C=O) groups is 1. The van der Waals surface area contributed by atoms with Crippen LogP contribution in [0.15, 0.2) is 47.8 Å². The largest absolute Gasteiger partial charge is 0.493 e. The molecule has 0 saturated carbocycles. The summed E-state index contributed by atoms with van der Waals surface area (Å²) in [5.74, 6) is 0.940. The molecule has 162 valence electrons. The molecular formula is C23H25N3O4S. The molecule has 4 rings (SSSR count). The molecule has 0 spiro atoms. The second-order valence-electron chi connectivity index (χ2n) is 6.94. The van der Waals surface area contributed by atoms with E-state index < -0.39 is 0 Å². The molecule has 1 aromatic heterocycles. The predicted molar refractivity (Wildman–Crippen MR) is 123 cm³/mol. The molecule has 0 unspecified atom stereocenters. The molecule has 8 heteroatoms. The number of aromatic nitrogens is 1. The molecule has 1 amide bonds. The van der Waals surface area contributed by atoms with Gasteiger partial charge in [0.05, 0.1) is 32.6 Å². The quantitative estimate of drug-likeness (QED) is 0.592. The Morgan fingerprint density at radius 2 is 1.94 bits per heavy atom. The van der Waals surface area contributed by atoms with Crippen LogP contribution >= 0.6 is 11.3 Å². The molecule has 0 bridgehead atoms. The molecule has 1 aliphatic heterocycles. The van der Waals surface area contributed by atoms with E-state index in [0.29, 0.717) is 29.4 Å². The minimum Gasteiger partial charge on any atom is -0.493 e. The number of ether oxygens (including phenoxy) is 3. The molecule has 0 atom stereocenters. The Labute approximate surface area is 185 Å². The monoisotopic (exact) mass is 439 g/mol. The number of rotatable bonds is 7. The Morgan fingerprint density at radius 1 is 1.16 bits per heavy atom. The maximum atomic E-state index is 12.7. The summed E-state index contributed by atoms with van der Waals surface area (Å²) in [4.78, 5) is 19.7. The van der Waals surface area contributed by atoms with Crippen molar-refractivity contribution in [3.63, 3.8) is 0 Å². The molecule has 1 N–H and O–H groups in total. The molecule has 7 nitrogen and oxygen atoms in total. The van der Waals surface area contributed by atoms with Gasteiger partial charge in [0, 0.05) is 35.3 Å². The van der Waals surface area contributed by atoms with Crippen molar-refractivity contribution in [3.05, 3.63) is 53.4 Å². The van der Waals surface area contributed by atoms with E-state index in [1.54, 1.807) is 36.6 Å². The lowest BCUT2D eigenvalue weighted by Gasteiger charge is -2.26. The fourth-order valence-electron chi connectivity index (χ4n) is 3.31. The second kappa shape index (κ2) is 9.80. The third-order valence-corrected chi connectivity index (χ3v) is 5.84. The van der Waals surface area contributed by atoms with Gasteiger partial charge in [0.15, 0.2) is 16.6 Å². The number of nitrogens with zero attached hydrogens (tertiary/aromatic N) is 2. The summed E-state index contributed by atoms with van der Waals surface area (Å²) < 4.78 is 16.2. The highest BCUT2D eigenvalue weighted by molar-refractivity contribution is 7.14. The summed E-state index contributed by atoms with van der Waals surface area (Å²) in [6.45, 7) is 5.60. The van der Waals surface area contributed by atoms with Crippen LogP contribution in [-0.2, 0) is 4.74 Å². The highest BCUT2D eigenvalue weighted by Gasteiger charge is 2.16. The van der Waals surface area contributed by atoms with Crippen molar-refractivity contribution in [1.82, 2.24) is 4.98 Å². The Bertz CT molecular complexity index is 1030. The fourth-order valence-corrected chi connectivity index (χ4v) is 4.20. The first kappa shape index (κ1) is 21.1. The van der Waals surface area contributed by atoms with E-state index in [-0.39, 0.29) is 5.91 Å². The number of morpholine rings is 1. The lowest BCUT2D eigenvalue weighted by atomic mass is 10.1. The fraction of sp³-hybridized carbons (Fsp3) is 0.304. The van der Waals surface area contributed by atoms with Gasteiger partial charge in [0.2, 0.25) is 0 Å². The van der Waals surface area contributed by atoms with Crippen LogP contribution in [0.2, 0.25) is 0 Å². The molecule has 2 aromatic carbocycles. The highest BCUT2D eigenvalue weighted by atomic mass is 32.1. The number of nitrogens with one attached hydrogen (secondary N) is 1. The predicted octanol–water partition coefficient (Wildman–Crippen LogP) is 4.31. The van der Waals surface area contributed by atoms with Crippen molar-refractivity contribution in [1.29, 1.82) is 0 Å². The Morgan fingerprint density at radius 3 is 2.65 bits per heavy atom. The maximum absolute atomic E-state index is 12.7. The first-order valence-electron chi connectivity index (χ1n) is 10.2. The summed E-state index contributed by atoms with van der Waals surface area (Å²) >= 11 is 1.64. The van der Waals surface area contributed by atoms with E-state index in [4.69, 9.17) is 19.2 Å². The second-order valence-corrected chi connectivity index (χ2v) is 7.78. The number of hydrogen-bond donors (Lipinski definition) is 1.